The van der Waals surface area contributed by atoms with Crippen molar-refractivity contribution in [2.45, 2.75) is 68.3 Å². The maximum atomic E-state index is 13.2. The SMILES string of the molecule is C[C@H]1C(O)C/C=C/[C@H](O)[C@@H]2CC[C@H]2CN2C[C@@]3(CCCc4cc(Cl)ccc43)COc3ccc(cc32)C(=O)NS1(=O)=O. The monoisotopic (exact) mass is 600 g/mol. The number of aliphatic hydroxyl groups excluding tert-OH is 2. The maximum Gasteiger partial charge on any atom is 0.264 e. The van der Waals surface area contributed by atoms with Crippen LogP contribution in [-0.2, 0) is 21.9 Å². The highest BCUT2D eigenvalue weighted by atomic mass is 35.5. The summed E-state index contributed by atoms with van der Waals surface area (Å²) in [5, 5.41) is 21.0. The van der Waals surface area contributed by atoms with Crippen molar-refractivity contribution in [2.24, 2.45) is 11.8 Å². The van der Waals surface area contributed by atoms with E-state index in [9.17, 15) is 23.4 Å². The molecule has 6 atom stereocenters. The van der Waals surface area contributed by atoms with Gasteiger partial charge in [-0.3, -0.25) is 4.79 Å². The molecule has 4 aliphatic rings. The molecule has 1 amide bonds. The van der Waals surface area contributed by atoms with E-state index in [1.165, 1.54) is 18.1 Å². The molecule has 0 saturated heterocycles. The topological polar surface area (TPSA) is 116 Å². The van der Waals surface area contributed by atoms with Crippen LogP contribution in [0.2, 0.25) is 5.02 Å². The average Bonchev–Trinajstić information content (AvgIpc) is 3.06. The molecule has 220 valence electrons. The van der Waals surface area contributed by atoms with Crippen molar-refractivity contribution in [1.29, 1.82) is 0 Å². The first-order valence-corrected chi connectivity index (χ1v) is 16.4. The van der Waals surface area contributed by atoms with E-state index in [0.717, 1.165) is 42.8 Å². The number of fused-ring (bicyclic) bond motifs is 4. The molecule has 1 saturated carbocycles. The Morgan fingerprint density at radius 1 is 1.15 bits per heavy atom. The van der Waals surface area contributed by atoms with Gasteiger partial charge in [-0.25, -0.2) is 13.1 Å². The van der Waals surface area contributed by atoms with Crippen LogP contribution in [0.5, 0.6) is 5.75 Å². The molecule has 2 aliphatic carbocycles. The van der Waals surface area contributed by atoms with Crippen molar-refractivity contribution in [3.05, 3.63) is 70.3 Å². The lowest BCUT2D eigenvalue weighted by atomic mass is 9.68. The predicted molar refractivity (Wildman–Crippen MR) is 158 cm³/mol. The summed E-state index contributed by atoms with van der Waals surface area (Å²) in [6.07, 6.45) is 6.21. The third-order valence-corrected chi connectivity index (χ3v) is 11.6. The summed E-state index contributed by atoms with van der Waals surface area (Å²) in [5.41, 5.74) is 3.12. The molecule has 2 bridgehead atoms. The highest BCUT2D eigenvalue weighted by Gasteiger charge is 2.44. The third-order valence-electron chi connectivity index (χ3n) is 9.65. The summed E-state index contributed by atoms with van der Waals surface area (Å²) in [6, 6.07) is 11.1. The van der Waals surface area contributed by atoms with Crippen LogP contribution in [0.15, 0.2) is 48.6 Å². The van der Waals surface area contributed by atoms with Crippen LogP contribution in [0.4, 0.5) is 5.69 Å². The summed E-state index contributed by atoms with van der Waals surface area (Å²) in [4.78, 5) is 15.5. The Morgan fingerprint density at radius 2 is 1.98 bits per heavy atom. The summed E-state index contributed by atoms with van der Waals surface area (Å²) in [7, 11) is -4.16. The quantitative estimate of drug-likeness (QED) is 0.392. The van der Waals surface area contributed by atoms with Crippen molar-refractivity contribution in [1.82, 2.24) is 4.72 Å². The number of hydrogen-bond donors (Lipinski definition) is 3. The van der Waals surface area contributed by atoms with Crippen LogP contribution >= 0.6 is 11.6 Å². The fourth-order valence-electron chi connectivity index (χ4n) is 6.99. The van der Waals surface area contributed by atoms with Gasteiger partial charge in [-0.05, 0) is 98.7 Å². The van der Waals surface area contributed by atoms with Crippen LogP contribution < -0.4 is 14.4 Å². The van der Waals surface area contributed by atoms with Crippen LogP contribution in [-0.4, -0.2) is 61.7 Å². The van der Waals surface area contributed by atoms with Crippen LogP contribution in [0, 0.1) is 11.8 Å². The highest BCUT2D eigenvalue weighted by Crippen LogP contribution is 2.46. The first kappa shape index (κ1) is 28.5. The number of nitrogens with one attached hydrogen (secondary N) is 1. The summed E-state index contributed by atoms with van der Waals surface area (Å²) in [6.45, 7) is 3.17. The molecule has 6 rings (SSSR count). The molecule has 2 aromatic rings. The summed E-state index contributed by atoms with van der Waals surface area (Å²) >= 11 is 6.36. The summed E-state index contributed by atoms with van der Waals surface area (Å²) in [5.74, 6) is 0.164. The van der Waals surface area contributed by atoms with E-state index in [4.69, 9.17) is 16.3 Å². The van der Waals surface area contributed by atoms with Gasteiger partial charge < -0.3 is 19.8 Å². The lowest BCUT2D eigenvalue weighted by Gasteiger charge is -2.45. The molecule has 1 fully saturated rings. The number of carbonyl (C=O) groups excluding carboxylic acids is 1. The van der Waals surface area contributed by atoms with Gasteiger partial charge >= 0.3 is 0 Å². The van der Waals surface area contributed by atoms with Gasteiger partial charge in [0.2, 0.25) is 10.0 Å². The van der Waals surface area contributed by atoms with E-state index in [-0.39, 0.29) is 29.2 Å². The lowest BCUT2D eigenvalue weighted by Crippen LogP contribution is -2.49. The maximum absolute atomic E-state index is 13.2. The van der Waals surface area contributed by atoms with Crippen LogP contribution in [0.1, 0.15) is 60.5 Å². The molecule has 2 aliphatic heterocycles. The van der Waals surface area contributed by atoms with Gasteiger partial charge in [0.05, 0.1) is 24.5 Å². The normalized spacial score (nSPS) is 33.8. The first-order chi connectivity index (χ1) is 19.6. The number of carbonyl (C=O) groups is 1. The van der Waals surface area contributed by atoms with Crippen molar-refractivity contribution in [2.75, 3.05) is 24.6 Å². The molecule has 2 aromatic carbocycles. The minimum atomic E-state index is -4.16. The molecule has 1 unspecified atom stereocenters. The zero-order chi connectivity index (χ0) is 28.9. The predicted octanol–water partition coefficient (Wildman–Crippen LogP) is 3.97. The van der Waals surface area contributed by atoms with Crippen LogP contribution in [0.3, 0.4) is 0 Å². The second kappa shape index (κ2) is 10.9. The van der Waals surface area contributed by atoms with Crippen LogP contribution in [0.25, 0.3) is 0 Å². The Labute approximate surface area is 246 Å². The molecule has 3 N–H and O–H groups in total. The fourth-order valence-corrected chi connectivity index (χ4v) is 8.27. The van der Waals surface area contributed by atoms with Gasteiger partial charge in [0.25, 0.3) is 5.91 Å². The molecule has 1 spiro atoms. The second-order valence-corrected chi connectivity index (χ2v) is 14.7. The van der Waals surface area contributed by atoms with E-state index < -0.39 is 33.4 Å². The zero-order valence-corrected chi connectivity index (χ0v) is 24.7. The number of amides is 1. The molecule has 41 heavy (non-hydrogen) atoms. The van der Waals surface area contributed by atoms with E-state index >= 15 is 0 Å². The van der Waals surface area contributed by atoms with Gasteiger partial charge in [0.15, 0.2) is 0 Å². The molecule has 8 nitrogen and oxygen atoms in total. The Hall–Kier alpha value is -2.59. The molecular formula is C31H37ClN2O6S. The Balaban J connectivity index is 1.42. The van der Waals surface area contributed by atoms with Crippen molar-refractivity contribution in [3.63, 3.8) is 0 Å². The Morgan fingerprint density at radius 3 is 2.76 bits per heavy atom. The van der Waals surface area contributed by atoms with Crippen molar-refractivity contribution >= 4 is 33.2 Å². The number of ether oxygens (including phenoxy) is 1. The number of halogens is 1. The fraction of sp³-hybridized carbons (Fsp3) is 0.516. The van der Waals surface area contributed by atoms with Gasteiger partial charge in [0, 0.05) is 29.1 Å². The second-order valence-electron chi connectivity index (χ2n) is 12.2. The molecule has 2 heterocycles. The number of aryl methyl sites for hydroxylation is 1. The third kappa shape index (κ3) is 5.38. The number of rotatable bonds is 0. The van der Waals surface area contributed by atoms with Gasteiger partial charge in [-0.1, -0.05) is 29.8 Å². The molecule has 0 radical (unpaired) electrons. The minimum Gasteiger partial charge on any atom is -0.490 e. The highest BCUT2D eigenvalue weighted by molar-refractivity contribution is 7.90. The van der Waals surface area contributed by atoms with Gasteiger partial charge in [-0.2, -0.15) is 0 Å². The first-order valence-electron chi connectivity index (χ1n) is 14.5. The van der Waals surface area contributed by atoms with E-state index in [0.29, 0.717) is 25.4 Å². The molecule has 10 heteroatoms. The number of aliphatic hydroxyl groups is 2. The zero-order valence-electron chi connectivity index (χ0n) is 23.1. The van der Waals surface area contributed by atoms with Gasteiger partial charge in [0.1, 0.15) is 11.0 Å². The molecule has 0 aromatic heterocycles. The largest absolute Gasteiger partial charge is 0.490 e. The minimum absolute atomic E-state index is 0.0463. The Bertz CT molecular complexity index is 1480. The smallest absolute Gasteiger partial charge is 0.264 e. The Kier molecular flexibility index (Phi) is 7.59. The van der Waals surface area contributed by atoms with Crippen molar-refractivity contribution in [3.8, 4) is 5.75 Å². The number of benzene rings is 2. The van der Waals surface area contributed by atoms with E-state index in [2.05, 4.69) is 21.8 Å². The number of nitrogens with zero attached hydrogens (tertiary/aromatic N) is 1. The standard InChI is InChI=1S/C31H37ClN2O6S/c1-19-27(35)5-2-6-28(36)24-10-7-22(24)16-34-17-31(13-3-4-20-14-23(32)9-11-25(20)31)18-40-29-12-8-21(15-26(29)34)30(37)33-41(19,38)39/h2,6,8-9,11-12,14-15,19,22,24,27-28,35-36H,3-5,7,10,13,16-18H2,1H3,(H,33,37)/b6-2+/t19-,22-,24+,27?,28-,31-/m0/s1. The van der Waals surface area contributed by atoms with Gasteiger partial charge in [-0.15, -0.1) is 0 Å². The summed E-state index contributed by atoms with van der Waals surface area (Å²) < 4.78 is 34.6. The number of hydrogen-bond acceptors (Lipinski definition) is 7. The average molecular weight is 601 g/mol. The molecular weight excluding hydrogens is 564 g/mol. The number of sulfonamides is 1. The van der Waals surface area contributed by atoms with E-state index in [1.54, 1.807) is 30.4 Å². The number of anilines is 1. The van der Waals surface area contributed by atoms with Crippen molar-refractivity contribution < 1.29 is 28.2 Å². The lowest BCUT2D eigenvalue weighted by molar-refractivity contribution is 0.0454. The van der Waals surface area contributed by atoms with E-state index in [1.807, 2.05) is 6.07 Å².